The number of nitrogens with zero attached hydrogens (tertiary/aromatic N) is 2. The molecule has 6 heteroatoms. The third kappa shape index (κ3) is 3.14. The van der Waals surface area contributed by atoms with Crippen molar-refractivity contribution in [2.24, 2.45) is 0 Å². The highest BCUT2D eigenvalue weighted by atomic mass is 16.3. The number of benzene rings is 3. The van der Waals surface area contributed by atoms with Gasteiger partial charge in [0.2, 0.25) is 5.91 Å². The number of aryl methyl sites for hydroxylation is 1. The van der Waals surface area contributed by atoms with Gasteiger partial charge in [-0.25, -0.2) is 4.98 Å². The molecular formula is C23H17N3O3. The van der Waals surface area contributed by atoms with Crippen LogP contribution in [0.5, 0.6) is 0 Å². The molecule has 6 nitrogen and oxygen atoms in total. The smallest absolute Gasteiger partial charge is 0.261 e. The van der Waals surface area contributed by atoms with E-state index in [4.69, 9.17) is 4.42 Å². The summed E-state index contributed by atoms with van der Waals surface area (Å²) in [5.74, 6) is -0.180. The summed E-state index contributed by atoms with van der Waals surface area (Å²) in [6.45, 7) is 0.259. The molecule has 5 rings (SSSR count). The maximum absolute atomic E-state index is 12.5. The first-order valence-corrected chi connectivity index (χ1v) is 9.34. The fourth-order valence-corrected chi connectivity index (χ4v) is 3.51. The monoisotopic (exact) mass is 383 g/mol. The van der Waals surface area contributed by atoms with Crippen LogP contribution in [0.15, 0.2) is 82.3 Å². The molecule has 2 heterocycles. The first kappa shape index (κ1) is 17.2. The van der Waals surface area contributed by atoms with Crippen LogP contribution in [0.1, 0.15) is 6.42 Å². The van der Waals surface area contributed by atoms with Gasteiger partial charge in [-0.1, -0.05) is 30.3 Å². The predicted molar refractivity (Wildman–Crippen MR) is 113 cm³/mol. The third-order valence-electron chi connectivity index (χ3n) is 4.97. The van der Waals surface area contributed by atoms with E-state index in [0.29, 0.717) is 16.6 Å². The van der Waals surface area contributed by atoms with Crippen molar-refractivity contribution in [1.82, 2.24) is 9.55 Å². The minimum Gasteiger partial charge on any atom is -0.456 e. The Morgan fingerprint density at radius 1 is 0.931 bits per heavy atom. The summed E-state index contributed by atoms with van der Waals surface area (Å²) < 4.78 is 7.32. The Kier molecular flexibility index (Phi) is 4.09. The third-order valence-corrected chi connectivity index (χ3v) is 4.97. The van der Waals surface area contributed by atoms with Crippen molar-refractivity contribution in [2.75, 3.05) is 5.32 Å². The molecule has 0 saturated carbocycles. The second-order valence-electron chi connectivity index (χ2n) is 6.87. The number of anilines is 1. The van der Waals surface area contributed by atoms with E-state index >= 15 is 0 Å². The van der Waals surface area contributed by atoms with Gasteiger partial charge in [0.15, 0.2) is 0 Å². The lowest BCUT2D eigenvalue weighted by Crippen LogP contribution is -2.23. The van der Waals surface area contributed by atoms with Gasteiger partial charge in [-0.05, 0) is 30.3 Å². The molecule has 3 aromatic carbocycles. The van der Waals surface area contributed by atoms with Gasteiger partial charge in [-0.2, -0.15) is 0 Å². The summed E-state index contributed by atoms with van der Waals surface area (Å²) in [7, 11) is 0. The number of furan rings is 1. The van der Waals surface area contributed by atoms with Gasteiger partial charge < -0.3 is 9.73 Å². The molecule has 142 valence electrons. The normalized spacial score (nSPS) is 11.3. The summed E-state index contributed by atoms with van der Waals surface area (Å²) in [6, 6.07) is 20.6. The average Bonchev–Trinajstić information content (AvgIpc) is 3.11. The highest BCUT2D eigenvalue weighted by Crippen LogP contribution is 2.30. The van der Waals surface area contributed by atoms with Crippen molar-refractivity contribution in [3.63, 3.8) is 0 Å². The van der Waals surface area contributed by atoms with E-state index < -0.39 is 0 Å². The predicted octanol–water partition coefficient (Wildman–Crippen LogP) is 4.32. The molecule has 0 saturated heterocycles. The van der Waals surface area contributed by atoms with Crippen LogP contribution in [-0.4, -0.2) is 15.5 Å². The summed E-state index contributed by atoms with van der Waals surface area (Å²) in [6.07, 6.45) is 1.65. The van der Waals surface area contributed by atoms with E-state index in [2.05, 4.69) is 10.3 Å². The minimum absolute atomic E-state index is 0.146. The summed E-state index contributed by atoms with van der Waals surface area (Å²) >= 11 is 0. The maximum atomic E-state index is 12.5. The molecule has 1 amide bonds. The number of hydrogen-bond acceptors (Lipinski definition) is 4. The number of nitrogens with one attached hydrogen (secondary N) is 1. The summed E-state index contributed by atoms with van der Waals surface area (Å²) in [5, 5.41) is 5.47. The molecule has 0 aliphatic carbocycles. The summed E-state index contributed by atoms with van der Waals surface area (Å²) in [5.41, 5.74) is 2.70. The zero-order valence-electron chi connectivity index (χ0n) is 15.5. The second-order valence-corrected chi connectivity index (χ2v) is 6.87. The number of aromatic nitrogens is 2. The van der Waals surface area contributed by atoms with Crippen LogP contribution in [0.4, 0.5) is 5.69 Å². The van der Waals surface area contributed by atoms with Gasteiger partial charge in [-0.15, -0.1) is 0 Å². The molecule has 2 aromatic heterocycles. The number of amides is 1. The number of carbonyl (C=O) groups excluding carboxylic acids is 1. The lowest BCUT2D eigenvalue weighted by atomic mass is 10.1. The zero-order chi connectivity index (χ0) is 19.8. The van der Waals surface area contributed by atoms with Gasteiger partial charge in [0.05, 0.1) is 17.2 Å². The van der Waals surface area contributed by atoms with Crippen molar-refractivity contribution in [3.8, 4) is 0 Å². The van der Waals surface area contributed by atoms with E-state index in [1.807, 2.05) is 48.5 Å². The fourth-order valence-electron chi connectivity index (χ4n) is 3.51. The van der Waals surface area contributed by atoms with Crippen molar-refractivity contribution in [2.45, 2.75) is 13.0 Å². The van der Waals surface area contributed by atoms with Gasteiger partial charge in [-0.3, -0.25) is 14.2 Å². The molecule has 0 aliphatic rings. The highest BCUT2D eigenvalue weighted by molar-refractivity contribution is 6.06. The van der Waals surface area contributed by atoms with E-state index in [0.717, 1.165) is 21.9 Å². The Balaban J connectivity index is 1.32. The Labute approximate surface area is 165 Å². The van der Waals surface area contributed by atoms with E-state index in [1.165, 1.54) is 10.9 Å². The van der Waals surface area contributed by atoms with Gasteiger partial charge in [0.25, 0.3) is 5.56 Å². The largest absolute Gasteiger partial charge is 0.456 e. The van der Waals surface area contributed by atoms with Crippen LogP contribution in [-0.2, 0) is 11.3 Å². The van der Waals surface area contributed by atoms with Gasteiger partial charge >= 0.3 is 0 Å². The Bertz CT molecular complexity index is 1430. The Morgan fingerprint density at radius 3 is 2.59 bits per heavy atom. The van der Waals surface area contributed by atoms with E-state index in [1.54, 1.807) is 18.2 Å². The van der Waals surface area contributed by atoms with Crippen molar-refractivity contribution in [3.05, 3.63) is 83.4 Å². The lowest BCUT2D eigenvalue weighted by Gasteiger charge is -2.08. The van der Waals surface area contributed by atoms with Crippen LogP contribution in [0, 0.1) is 0 Å². The Morgan fingerprint density at radius 2 is 1.69 bits per heavy atom. The number of hydrogen-bond donors (Lipinski definition) is 1. The molecular weight excluding hydrogens is 366 g/mol. The molecule has 5 aromatic rings. The average molecular weight is 383 g/mol. The number of rotatable bonds is 4. The zero-order valence-corrected chi connectivity index (χ0v) is 15.5. The van der Waals surface area contributed by atoms with E-state index in [9.17, 15) is 9.59 Å². The first-order valence-electron chi connectivity index (χ1n) is 9.34. The van der Waals surface area contributed by atoms with Gasteiger partial charge in [0, 0.05) is 35.5 Å². The van der Waals surface area contributed by atoms with Crippen LogP contribution in [0.2, 0.25) is 0 Å². The van der Waals surface area contributed by atoms with Crippen LogP contribution in [0.25, 0.3) is 32.8 Å². The molecule has 0 fully saturated rings. The van der Waals surface area contributed by atoms with Crippen molar-refractivity contribution in [1.29, 1.82) is 0 Å². The van der Waals surface area contributed by atoms with Crippen LogP contribution < -0.4 is 10.9 Å². The molecule has 0 radical (unpaired) electrons. The minimum atomic E-state index is -0.180. The second kappa shape index (κ2) is 6.91. The standard InChI is InChI=1S/C23H17N3O3/c27-22(11-12-26-14-24-19-7-3-1-6-18(19)23(26)28)25-15-9-10-17-16-5-2-4-8-20(16)29-21(17)13-15/h1-10,13-14H,11-12H2,(H,25,27). The van der Waals surface area contributed by atoms with Gasteiger partial charge in [0.1, 0.15) is 11.2 Å². The molecule has 0 atom stereocenters. The van der Waals surface area contributed by atoms with Crippen molar-refractivity contribution < 1.29 is 9.21 Å². The van der Waals surface area contributed by atoms with E-state index in [-0.39, 0.29) is 24.4 Å². The number of fused-ring (bicyclic) bond motifs is 4. The lowest BCUT2D eigenvalue weighted by molar-refractivity contribution is -0.116. The molecule has 0 bridgehead atoms. The molecule has 0 unspecified atom stereocenters. The molecule has 29 heavy (non-hydrogen) atoms. The molecule has 0 spiro atoms. The first-order chi connectivity index (χ1) is 14.2. The fraction of sp³-hybridized carbons (Fsp3) is 0.0870. The van der Waals surface area contributed by atoms with Crippen molar-refractivity contribution >= 4 is 44.4 Å². The summed E-state index contributed by atoms with van der Waals surface area (Å²) in [4.78, 5) is 29.2. The highest BCUT2D eigenvalue weighted by Gasteiger charge is 2.10. The topological polar surface area (TPSA) is 77.1 Å². The van der Waals surface area contributed by atoms with Crippen LogP contribution >= 0.6 is 0 Å². The number of para-hydroxylation sites is 2. The SMILES string of the molecule is O=C(CCn1cnc2ccccc2c1=O)Nc1ccc2c(c1)oc1ccccc12. The van der Waals surface area contributed by atoms with Crippen LogP contribution in [0.3, 0.4) is 0 Å². The molecule has 1 N–H and O–H groups in total. The quantitative estimate of drug-likeness (QED) is 0.501. The maximum Gasteiger partial charge on any atom is 0.261 e. The Hall–Kier alpha value is -3.93. The molecule has 0 aliphatic heterocycles. The number of carbonyl (C=O) groups is 1.